The summed E-state index contributed by atoms with van der Waals surface area (Å²) in [5.74, 6) is 0. The second-order valence-corrected chi connectivity index (χ2v) is 5.06. The van der Waals surface area contributed by atoms with Gasteiger partial charge in [0.25, 0.3) is 0 Å². The van der Waals surface area contributed by atoms with E-state index in [-0.39, 0.29) is 15.8 Å². The van der Waals surface area contributed by atoms with Crippen molar-refractivity contribution in [2.75, 3.05) is 0 Å². The van der Waals surface area contributed by atoms with Crippen LogP contribution in [0.15, 0.2) is 40.7 Å². The average molecular weight is 274 g/mol. The molecule has 0 bridgehead atoms. The fourth-order valence-corrected chi connectivity index (χ4v) is 2.62. The van der Waals surface area contributed by atoms with Crippen LogP contribution in [0.3, 0.4) is 0 Å². The van der Waals surface area contributed by atoms with Crippen LogP contribution in [0, 0.1) is 6.92 Å². The van der Waals surface area contributed by atoms with E-state index in [1.54, 1.807) is 0 Å². The summed E-state index contributed by atoms with van der Waals surface area (Å²) < 4.78 is 0. The monoisotopic (exact) mass is 274 g/mol. The van der Waals surface area contributed by atoms with Gasteiger partial charge in [0.15, 0.2) is 0 Å². The summed E-state index contributed by atoms with van der Waals surface area (Å²) in [6, 6.07) is 6.35. The van der Waals surface area contributed by atoms with Gasteiger partial charge in [-0.15, -0.1) is 0 Å². The maximum absolute atomic E-state index is 4.31. The van der Waals surface area contributed by atoms with Gasteiger partial charge in [0.1, 0.15) is 0 Å². The van der Waals surface area contributed by atoms with Crippen molar-refractivity contribution in [3.05, 3.63) is 46.8 Å². The first-order chi connectivity index (χ1) is 7.72. The minimum absolute atomic E-state index is 0.277. The molecule has 0 saturated carbocycles. The molecule has 0 amide bonds. The van der Waals surface area contributed by atoms with Crippen molar-refractivity contribution in [1.29, 1.82) is 0 Å². The van der Waals surface area contributed by atoms with E-state index in [0.717, 1.165) is 5.69 Å². The molecule has 0 heterocycles. The Hall–Kier alpha value is -1.07. The molecule has 1 rings (SSSR count). The zero-order valence-electron chi connectivity index (χ0n) is 10.1. The third-order valence-electron chi connectivity index (χ3n) is 2.29. The van der Waals surface area contributed by atoms with Crippen molar-refractivity contribution >= 4 is 33.2 Å². The Kier molecular flexibility index (Phi) is 5.28. The van der Waals surface area contributed by atoms with Crippen LogP contribution >= 0.6 is 0 Å². The van der Waals surface area contributed by atoms with Gasteiger partial charge in [0.2, 0.25) is 0 Å². The average Bonchev–Trinajstić information content (AvgIpc) is 2.29. The molecule has 0 unspecified atom stereocenters. The van der Waals surface area contributed by atoms with Crippen LogP contribution in [0.2, 0.25) is 5.71 Å². The standard InChI is InChI=1S/C14H17AsN/c1-5-12(10-15-4)13-7-8-14(16-6-2)11(3)9-13/h5-10H,1H2,2-4H3/b12-10+,16-6?. The van der Waals surface area contributed by atoms with Crippen LogP contribution in [0.4, 0.5) is 5.69 Å². The van der Waals surface area contributed by atoms with Gasteiger partial charge in [-0.1, -0.05) is 0 Å². The van der Waals surface area contributed by atoms with E-state index in [1.807, 2.05) is 19.2 Å². The molecule has 83 valence electrons. The Morgan fingerprint density at radius 3 is 2.69 bits per heavy atom. The van der Waals surface area contributed by atoms with Crippen LogP contribution in [0.5, 0.6) is 0 Å². The van der Waals surface area contributed by atoms with E-state index < -0.39 is 0 Å². The van der Waals surface area contributed by atoms with E-state index in [1.165, 1.54) is 16.7 Å². The summed E-state index contributed by atoms with van der Waals surface area (Å²) in [5, 5.41) is 0. The molecule has 16 heavy (non-hydrogen) atoms. The van der Waals surface area contributed by atoms with Crippen molar-refractivity contribution in [3.63, 3.8) is 0 Å². The quantitative estimate of drug-likeness (QED) is 0.447. The fourth-order valence-electron chi connectivity index (χ4n) is 1.50. The molecule has 0 spiro atoms. The van der Waals surface area contributed by atoms with Crippen LogP contribution in [0.25, 0.3) is 5.57 Å². The molecule has 1 nitrogen and oxygen atoms in total. The molecular formula is C14H17AsN. The Labute approximate surface area is 105 Å². The second-order valence-electron chi connectivity index (χ2n) is 3.44. The number of benzene rings is 1. The number of hydrogen-bond donors (Lipinski definition) is 0. The van der Waals surface area contributed by atoms with E-state index in [4.69, 9.17) is 0 Å². The third-order valence-corrected chi connectivity index (χ3v) is 3.41. The van der Waals surface area contributed by atoms with E-state index >= 15 is 0 Å². The van der Waals surface area contributed by atoms with Crippen LogP contribution < -0.4 is 0 Å². The molecule has 0 N–H and O–H groups in total. The second kappa shape index (κ2) is 6.50. The summed E-state index contributed by atoms with van der Waals surface area (Å²) in [6.07, 6.45) is 3.75. The minimum atomic E-state index is 0.277. The van der Waals surface area contributed by atoms with Gasteiger partial charge in [0, 0.05) is 0 Å². The van der Waals surface area contributed by atoms with Gasteiger partial charge in [-0.3, -0.25) is 0 Å². The predicted octanol–water partition coefficient (Wildman–Crippen LogP) is 4.00. The van der Waals surface area contributed by atoms with Gasteiger partial charge in [0.05, 0.1) is 0 Å². The first kappa shape index (κ1) is 13.0. The van der Waals surface area contributed by atoms with Crippen LogP contribution in [0.1, 0.15) is 18.1 Å². The van der Waals surface area contributed by atoms with Gasteiger partial charge in [-0.25, -0.2) is 0 Å². The van der Waals surface area contributed by atoms with Crippen molar-refractivity contribution < 1.29 is 0 Å². The molecule has 0 saturated heterocycles. The topological polar surface area (TPSA) is 12.4 Å². The number of allylic oxidation sites excluding steroid dienone is 2. The van der Waals surface area contributed by atoms with Crippen molar-refractivity contribution in [1.82, 2.24) is 0 Å². The SMILES string of the molecule is C=C/C(=C\[As]C)c1ccc(N=CC)c(C)c1. The number of rotatable bonds is 4. The summed E-state index contributed by atoms with van der Waals surface area (Å²) >= 11 is 0.277. The number of hydrogen-bond acceptors (Lipinski definition) is 1. The number of nitrogens with zero attached hydrogens (tertiary/aromatic N) is 1. The Bertz CT molecular complexity index is 430. The van der Waals surface area contributed by atoms with Crippen LogP contribution in [-0.2, 0) is 0 Å². The Balaban J connectivity index is 3.14. The maximum atomic E-state index is 4.31. The zero-order chi connectivity index (χ0) is 12.0. The van der Waals surface area contributed by atoms with Gasteiger partial charge >= 0.3 is 105 Å². The molecule has 0 fully saturated rings. The summed E-state index contributed by atoms with van der Waals surface area (Å²) in [7, 11) is 0. The van der Waals surface area contributed by atoms with Crippen LogP contribution in [-0.4, -0.2) is 22.0 Å². The van der Waals surface area contributed by atoms with Gasteiger partial charge < -0.3 is 0 Å². The first-order valence-corrected chi connectivity index (χ1v) is 8.20. The molecule has 0 aliphatic rings. The summed E-state index contributed by atoms with van der Waals surface area (Å²) in [5.41, 5.74) is 6.94. The molecule has 0 aliphatic carbocycles. The normalized spacial score (nSPS) is 12.8. The summed E-state index contributed by atoms with van der Waals surface area (Å²) in [4.78, 5) is 6.59. The molecular weight excluding hydrogens is 257 g/mol. The summed E-state index contributed by atoms with van der Waals surface area (Å²) in [6.45, 7) is 7.88. The first-order valence-electron chi connectivity index (χ1n) is 5.24. The Morgan fingerprint density at radius 1 is 1.44 bits per heavy atom. The Morgan fingerprint density at radius 2 is 2.19 bits per heavy atom. The van der Waals surface area contributed by atoms with Gasteiger partial charge in [-0.2, -0.15) is 0 Å². The van der Waals surface area contributed by atoms with Crippen molar-refractivity contribution in [2.24, 2.45) is 4.99 Å². The number of aryl methyl sites for hydroxylation is 1. The van der Waals surface area contributed by atoms with E-state index in [9.17, 15) is 0 Å². The molecule has 0 aromatic heterocycles. The van der Waals surface area contributed by atoms with Gasteiger partial charge in [-0.05, 0) is 0 Å². The van der Waals surface area contributed by atoms with E-state index in [0.29, 0.717) is 0 Å². The van der Waals surface area contributed by atoms with E-state index in [2.05, 4.69) is 47.3 Å². The van der Waals surface area contributed by atoms with Crippen molar-refractivity contribution in [2.45, 2.75) is 19.6 Å². The fraction of sp³-hybridized carbons (Fsp3) is 0.214. The third kappa shape index (κ3) is 3.21. The number of aliphatic imine (C=N–C) groups is 1. The molecule has 0 aliphatic heterocycles. The molecule has 1 radical (unpaired) electrons. The molecule has 0 atom stereocenters. The van der Waals surface area contributed by atoms with Crippen molar-refractivity contribution in [3.8, 4) is 0 Å². The molecule has 1 aromatic rings. The molecule has 1 aromatic carbocycles. The zero-order valence-corrected chi connectivity index (χ0v) is 11.9. The predicted molar refractivity (Wildman–Crippen MR) is 74.8 cm³/mol. The molecule has 2 heteroatoms.